The fourth-order valence-electron chi connectivity index (χ4n) is 1.24. The summed E-state index contributed by atoms with van der Waals surface area (Å²) in [6.07, 6.45) is 12.2. The van der Waals surface area contributed by atoms with Gasteiger partial charge in [0.05, 0.1) is 0 Å². The second-order valence-electron chi connectivity index (χ2n) is 2.57. The number of allylic oxidation sites excluding steroid dienone is 6. The summed E-state index contributed by atoms with van der Waals surface area (Å²) < 4.78 is 0. The summed E-state index contributed by atoms with van der Waals surface area (Å²) in [4.78, 5) is 0. The summed E-state index contributed by atoms with van der Waals surface area (Å²) >= 11 is 0. The molecule has 3 heteroatoms. The minimum atomic E-state index is 0. The summed E-state index contributed by atoms with van der Waals surface area (Å²) in [6.45, 7) is 7.42. The zero-order valence-electron chi connectivity index (χ0n) is 8.02. The molecular weight excluding hydrogens is 294 g/mol. The quantitative estimate of drug-likeness (QED) is 0.389. The predicted octanol–water partition coefficient (Wildman–Crippen LogP) is -2.80. The maximum absolute atomic E-state index is 3.71. The molecule has 1 aliphatic carbocycles. The maximum atomic E-state index is 3.71. The molecule has 0 aliphatic heterocycles. The van der Waals surface area contributed by atoms with E-state index in [4.69, 9.17) is 0 Å². The third-order valence-corrected chi connectivity index (χ3v) is 1.76. The van der Waals surface area contributed by atoms with Crippen molar-refractivity contribution in [2.24, 2.45) is 0 Å². The molecule has 14 heavy (non-hydrogen) atoms. The Balaban J connectivity index is -0.000000403. The minimum absolute atomic E-state index is 0. The van der Waals surface area contributed by atoms with Crippen molar-refractivity contribution < 1.29 is 51.0 Å². The van der Waals surface area contributed by atoms with Crippen LogP contribution < -0.4 is 24.8 Å². The molecule has 0 amide bonds. The van der Waals surface area contributed by atoms with Gasteiger partial charge in [-0.15, -0.1) is 25.7 Å². The Morgan fingerprint density at radius 1 is 1.21 bits per heavy atom. The maximum Gasteiger partial charge on any atom is 3.00 e. The Kier molecular flexibility index (Phi) is 16.4. The Morgan fingerprint density at radius 2 is 1.79 bits per heavy atom. The topological polar surface area (TPSA) is 0 Å². The van der Waals surface area contributed by atoms with Crippen LogP contribution in [0, 0.1) is 6.08 Å². The van der Waals surface area contributed by atoms with Gasteiger partial charge < -0.3 is 24.8 Å². The molecule has 0 aromatic rings. The molecule has 75 valence electrons. The van der Waals surface area contributed by atoms with E-state index in [1.807, 2.05) is 12.2 Å². The van der Waals surface area contributed by atoms with Crippen molar-refractivity contribution in [3.63, 3.8) is 0 Å². The third-order valence-electron chi connectivity index (χ3n) is 1.76. The molecule has 0 saturated heterocycles. The van der Waals surface area contributed by atoms with Crippen molar-refractivity contribution in [2.75, 3.05) is 0 Å². The first-order chi connectivity index (χ1) is 5.38. The van der Waals surface area contributed by atoms with E-state index in [1.54, 1.807) is 0 Å². The van der Waals surface area contributed by atoms with Gasteiger partial charge in [0.1, 0.15) is 0 Å². The SMILES string of the molecule is C=CCC1=[C-]CC=C1CC=C.[Cl-].[Cl-].[Zr+3]. The Bertz CT molecular complexity index is 205. The molecule has 0 bridgehead atoms. The standard InChI is InChI=1S/C11H13.2ClH.Zr/c1-3-6-10-8-5-9-11(10)7-4-2;;;/h3-4,8H,1-2,5-7H2;2*1H;/q-1;;;+3/p-2. The van der Waals surface area contributed by atoms with E-state index in [2.05, 4.69) is 25.3 Å². The summed E-state index contributed by atoms with van der Waals surface area (Å²) in [5.74, 6) is 0. The second kappa shape index (κ2) is 11.5. The molecule has 0 nitrogen and oxygen atoms in total. The smallest absolute Gasteiger partial charge is 1.00 e. The molecule has 1 aliphatic rings. The van der Waals surface area contributed by atoms with Crippen molar-refractivity contribution in [2.45, 2.75) is 19.3 Å². The van der Waals surface area contributed by atoms with Gasteiger partial charge in [-0.2, -0.15) is 11.6 Å². The summed E-state index contributed by atoms with van der Waals surface area (Å²) in [5, 5.41) is 0. The zero-order chi connectivity index (χ0) is 8.10. The Labute approximate surface area is 118 Å². The van der Waals surface area contributed by atoms with Gasteiger partial charge in [-0.1, -0.05) is 12.5 Å². The molecule has 0 saturated carbocycles. The van der Waals surface area contributed by atoms with Gasteiger partial charge in [0.25, 0.3) is 0 Å². The van der Waals surface area contributed by atoms with Gasteiger partial charge in [0.2, 0.25) is 0 Å². The third kappa shape index (κ3) is 6.01. The molecule has 1 radical (unpaired) electrons. The molecule has 0 unspecified atom stereocenters. The number of rotatable bonds is 4. The van der Waals surface area contributed by atoms with Crippen LogP contribution in [0.15, 0.2) is 42.5 Å². The van der Waals surface area contributed by atoms with Gasteiger partial charge in [-0.25, -0.2) is 5.57 Å². The average Bonchev–Trinajstić information content (AvgIpc) is 2.39. The van der Waals surface area contributed by atoms with Crippen molar-refractivity contribution >= 4 is 0 Å². The first kappa shape index (κ1) is 19.9. The summed E-state index contributed by atoms with van der Waals surface area (Å²) in [6, 6.07) is 0. The zero-order valence-corrected chi connectivity index (χ0v) is 12.0. The molecule has 0 fully saturated rings. The van der Waals surface area contributed by atoms with Crippen LogP contribution in [0.25, 0.3) is 0 Å². The van der Waals surface area contributed by atoms with Crippen LogP contribution in [0.2, 0.25) is 0 Å². The summed E-state index contributed by atoms with van der Waals surface area (Å²) in [7, 11) is 0. The van der Waals surface area contributed by atoms with Gasteiger partial charge in [-0.05, 0) is 6.42 Å². The summed E-state index contributed by atoms with van der Waals surface area (Å²) in [5.41, 5.74) is 2.68. The molecule has 0 heterocycles. The van der Waals surface area contributed by atoms with Gasteiger partial charge in [0, 0.05) is 0 Å². The number of hydrogen-bond acceptors (Lipinski definition) is 0. The van der Waals surface area contributed by atoms with Gasteiger partial charge in [-0.3, -0.25) is 6.08 Å². The Morgan fingerprint density at radius 3 is 2.29 bits per heavy atom. The van der Waals surface area contributed by atoms with Gasteiger partial charge >= 0.3 is 26.2 Å². The molecule has 0 aromatic heterocycles. The second-order valence-corrected chi connectivity index (χ2v) is 2.57. The van der Waals surface area contributed by atoms with Crippen LogP contribution in [-0.2, 0) is 26.2 Å². The Hall–Kier alpha value is 0.423. The van der Waals surface area contributed by atoms with E-state index in [0.29, 0.717) is 0 Å². The van der Waals surface area contributed by atoms with E-state index in [0.717, 1.165) is 19.3 Å². The molecular formula is C11H13Cl2Zr. The average molecular weight is 307 g/mol. The van der Waals surface area contributed by atoms with E-state index < -0.39 is 0 Å². The molecule has 0 spiro atoms. The van der Waals surface area contributed by atoms with Crippen molar-refractivity contribution in [1.82, 2.24) is 0 Å². The van der Waals surface area contributed by atoms with E-state index in [9.17, 15) is 0 Å². The van der Waals surface area contributed by atoms with Crippen molar-refractivity contribution in [3.05, 3.63) is 48.6 Å². The molecule has 0 aromatic carbocycles. The van der Waals surface area contributed by atoms with Gasteiger partial charge in [0.15, 0.2) is 0 Å². The fourth-order valence-corrected chi connectivity index (χ4v) is 1.24. The molecule has 0 atom stereocenters. The largest absolute Gasteiger partial charge is 3.00 e. The van der Waals surface area contributed by atoms with E-state index in [-0.39, 0.29) is 51.0 Å². The van der Waals surface area contributed by atoms with Crippen LogP contribution in [0.3, 0.4) is 0 Å². The van der Waals surface area contributed by atoms with Crippen LogP contribution in [0.1, 0.15) is 19.3 Å². The van der Waals surface area contributed by atoms with Crippen LogP contribution in [-0.4, -0.2) is 0 Å². The van der Waals surface area contributed by atoms with E-state index >= 15 is 0 Å². The minimum Gasteiger partial charge on any atom is -1.00 e. The first-order valence-corrected chi connectivity index (χ1v) is 3.89. The van der Waals surface area contributed by atoms with Crippen LogP contribution >= 0.6 is 0 Å². The van der Waals surface area contributed by atoms with Crippen molar-refractivity contribution in [3.8, 4) is 0 Å². The van der Waals surface area contributed by atoms with Crippen LogP contribution in [0.5, 0.6) is 0 Å². The normalized spacial score (nSPS) is 12.3. The van der Waals surface area contributed by atoms with Crippen molar-refractivity contribution in [1.29, 1.82) is 0 Å². The fraction of sp³-hybridized carbons (Fsp3) is 0.273. The number of halogens is 2. The molecule has 0 N–H and O–H groups in total. The van der Waals surface area contributed by atoms with Crippen LogP contribution in [0.4, 0.5) is 0 Å². The van der Waals surface area contributed by atoms with E-state index in [1.165, 1.54) is 11.1 Å². The monoisotopic (exact) mass is 305 g/mol. The first-order valence-electron chi connectivity index (χ1n) is 3.89. The number of hydrogen-bond donors (Lipinski definition) is 0. The predicted molar refractivity (Wildman–Crippen MR) is 49.1 cm³/mol. The molecule has 1 rings (SSSR count).